The third kappa shape index (κ3) is 6.03. The normalized spacial score (nSPS) is 13.1. The molecule has 1 aliphatic heterocycles. The molecule has 4 amide bonds. The van der Waals surface area contributed by atoms with Crippen molar-refractivity contribution in [3.63, 3.8) is 0 Å². The summed E-state index contributed by atoms with van der Waals surface area (Å²) in [6, 6.07) is 19.0. The molecule has 0 unspecified atom stereocenters. The van der Waals surface area contributed by atoms with Crippen LogP contribution in [0.15, 0.2) is 90.2 Å². The summed E-state index contributed by atoms with van der Waals surface area (Å²) in [7, 11) is 3.62. The van der Waals surface area contributed by atoms with Gasteiger partial charge >= 0.3 is 11.7 Å². The van der Waals surface area contributed by atoms with E-state index in [9.17, 15) is 19.2 Å². The van der Waals surface area contributed by atoms with E-state index in [1.165, 1.54) is 4.90 Å². The highest BCUT2D eigenvalue weighted by Gasteiger charge is 2.26. The van der Waals surface area contributed by atoms with Crippen molar-refractivity contribution in [2.75, 3.05) is 18.0 Å². The Bertz CT molecular complexity index is 2800. The molecule has 13 heteroatoms. The predicted molar refractivity (Wildman–Crippen MR) is 206 cm³/mol. The Morgan fingerprint density at radius 2 is 1.78 bits per heavy atom. The van der Waals surface area contributed by atoms with Crippen LogP contribution < -0.4 is 21.2 Å². The molecule has 0 saturated carbocycles. The molecule has 0 radical (unpaired) electrons. The second-order valence-electron chi connectivity index (χ2n) is 13.5. The van der Waals surface area contributed by atoms with E-state index in [0.29, 0.717) is 16.8 Å². The summed E-state index contributed by atoms with van der Waals surface area (Å²) in [5.74, 6) is 5.56. The number of rotatable bonds is 6. The lowest BCUT2D eigenvalue weighted by Crippen LogP contribution is -2.49. The van der Waals surface area contributed by atoms with Crippen LogP contribution in [0.3, 0.4) is 0 Å². The number of hydrogen-bond acceptors (Lipinski definition) is 7. The smallest absolute Gasteiger partial charge is 0.328 e. The number of amides is 4. The van der Waals surface area contributed by atoms with E-state index in [4.69, 9.17) is 4.98 Å². The molecule has 6 heterocycles. The minimum atomic E-state index is -0.487. The second-order valence-corrected chi connectivity index (χ2v) is 13.5. The molecule has 13 nitrogen and oxygen atoms in total. The predicted octanol–water partition coefficient (Wildman–Crippen LogP) is 5.15. The minimum Gasteiger partial charge on any atom is -0.340 e. The molecular formula is C41H35N9O4. The van der Waals surface area contributed by atoms with Crippen molar-refractivity contribution >= 4 is 50.9 Å². The number of imidazole rings is 1. The number of carbonyl (C=O) groups is 3. The Kier molecular flexibility index (Phi) is 8.50. The lowest BCUT2D eigenvalue weighted by molar-refractivity contribution is -0.120. The first kappa shape index (κ1) is 34.0. The maximum atomic E-state index is 12.9. The monoisotopic (exact) mass is 717 g/mol. The van der Waals surface area contributed by atoms with Gasteiger partial charge in [0.05, 0.1) is 40.7 Å². The lowest BCUT2D eigenvalue weighted by atomic mass is 9.93. The van der Waals surface area contributed by atoms with Crippen molar-refractivity contribution in [3.05, 3.63) is 113 Å². The molecule has 5 aromatic heterocycles. The van der Waals surface area contributed by atoms with Crippen LogP contribution in [0.2, 0.25) is 0 Å². The summed E-state index contributed by atoms with van der Waals surface area (Å²) in [6.07, 6.45) is 7.02. The van der Waals surface area contributed by atoms with E-state index >= 15 is 0 Å². The number of nitrogens with zero attached hydrogens (tertiary/aromatic N) is 7. The first-order valence-corrected chi connectivity index (χ1v) is 17.5. The maximum absolute atomic E-state index is 12.9. The first-order valence-electron chi connectivity index (χ1n) is 17.5. The number of anilines is 1. The van der Waals surface area contributed by atoms with Crippen LogP contribution in [0.25, 0.3) is 49.7 Å². The van der Waals surface area contributed by atoms with E-state index in [-0.39, 0.29) is 48.6 Å². The number of aromatic nitrogens is 6. The van der Waals surface area contributed by atoms with Crippen LogP contribution in [-0.4, -0.2) is 59.7 Å². The van der Waals surface area contributed by atoms with E-state index in [1.54, 1.807) is 57.5 Å². The maximum Gasteiger partial charge on any atom is 0.328 e. The van der Waals surface area contributed by atoms with Gasteiger partial charge in [-0.25, -0.2) is 14.1 Å². The van der Waals surface area contributed by atoms with Gasteiger partial charge in [0.15, 0.2) is 0 Å². The lowest BCUT2D eigenvalue weighted by Gasteiger charge is -2.25. The van der Waals surface area contributed by atoms with Gasteiger partial charge in [0.2, 0.25) is 5.91 Å². The summed E-state index contributed by atoms with van der Waals surface area (Å²) in [4.78, 5) is 60.3. The van der Waals surface area contributed by atoms with Crippen LogP contribution in [0.1, 0.15) is 47.8 Å². The van der Waals surface area contributed by atoms with Crippen molar-refractivity contribution in [2.24, 2.45) is 14.1 Å². The number of nitrogens with one attached hydrogen (secondary N) is 2. The van der Waals surface area contributed by atoms with Crippen molar-refractivity contribution in [3.8, 4) is 34.2 Å². The van der Waals surface area contributed by atoms with E-state index in [0.717, 1.165) is 49.8 Å². The Labute approximate surface area is 309 Å². The van der Waals surface area contributed by atoms with E-state index in [1.807, 2.05) is 37.5 Å². The van der Waals surface area contributed by atoms with Crippen LogP contribution in [-0.2, 0) is 18.9 Å². The highest BCUT2D eigenvalue weighted by Crippen LogP contribution is 2.35. The second kappa shape index (κ2) is 13.5. The SMILES string of the molecule is CC(C)c1cc(-c2cccc3cc(-c4ccc(C(=O)NCC#Cc5ccn6ncc(N7CCC(=O)NC7=O)c6c5)nc4)ncc23)cc2c1n(C)c(=O)n2C. The molecule has 2 aromatic carbocycles. The van der Waals surface area contributed by atoms with Crippen LogP contribution in [0, 0.1) is 11.8 Å². The van der Waals surface area contributed by atoms with Gasteiger partial charge in [0.1, 0.15) is 5.69 Å². The molecule has 54 heavy (non-hydrogen) atoms. The average molecular weight is 718 g/mol. The fraction of sp³-hybridized carbons (Fsp3) is 0.195. The van der Waals surface area contributed by atoms with Crippen LogP contribution >= 0.6 is 0 Å². The van der Waals surface area contributed by atoms with Gasteiger partial charge in [0.25, 0.3) is 5.91 Å². The number of pyridine rings is 3. The zero-order valence-corrected chi connectivity index (χ0v) is 30.0. The van der Waals surface area contributed by atoms with Crippen LogP contribution in [0.5, 0.6) is 0 Å². The number of fused-ring (bicyclic) bond motifs is 3. The molecule has 0 bridgehead atoms. The van der Waals surface area contributed by atoms with Crippen molar-refractivity contribution in [2.45, 2.75) is 26.2 Å². The summed E-state index contributed by atoms with van der Waals surface area (Å²) >= 11 is 0. The van der Waals surface area contributed by atoms with Gasteiger partial charge in [-0.05, 0) is 70.5 Å². The molecule has 268 valence electrons. The quantitative estimate of drug-likeness (QED) is 0.226. The molecule has 0 atom stereocenters. The fourth-order valence-corrected chi connectivity index (χ4v) is 6.95. The Hall–Kier alpha value is -7.07. The minimum absolute atomic E-state index is 0.0533. The average Bonchev–Trinajstić information content (AvgIpc) is 3.69. The number of benzene rings is 2. The number of urea groups is 1. The standard InChI is InChI=1S/C41H35N9O4/c1-24(2)30-18-28(20-35-38(30)48(4)41(54)47(35)3)29-9-5-8-26-19-33(44-22-31(26)29)27-10-11-32(43-21-27)39(52)42-14-6-7-25-12-16-50-34(17-25)36(23-45-50)49-15-13-37(51)46-40(49)53/h5,8-12,16-24H,13-15H2,1-4H3,(H,42,52)(H,46,51,53). The molecule has 1 aliphatic rings. The third-order valence-corrected chi connectivity index (χ3v) is 9.80. The summed E-state index contributed by atoms with van der Waals surface area (Å²) in [5.41, 5.74) is 8.60. The number of carbonyl (C=O) groups excluding carboxylic acids is 3. The zero-order valence-electron chi connectivity index (χ0n) is 30.0. The van der Waals surface area contributed by atoms with Gasteiger partial charge < -0.3 is 5.32 Å². The molecule has 7 aromatic rings. The number of imide groups is 1. The Morgan fingerprint density at radius 3 is 2.56 bits per heavy atom. The third-order valence-electron chi connectivity index (χ3n) is 9.80. The van der Waals surface area contributed by atoms with Crippen molar-refractivity contribution in [1.82, 2.24) is 39.3 Å². The number of aryl methyl sites for hydroxylation is 2. The van der Waals surface area contributed by atoms with Crippen molar-refractivity contribution in [1.29, 1.82) is 0 Å². The molecular weight excluding hydrogens is 683 g/mol. The molecule has 8 rings (SSSR count). The molecule has 1 fully saturated rings. The molecule has 0 aliphatic carbocycles. The Balaban J connectivity index is 0.968. The van der Waals surface area contributed by atoms with Gasteiger partial charge in [-0.3, -0.25) is 38.9 Å². The van der Waals surface area contributed by atoms with E-state index < -0.39 is 6.03 Å². The topological polar surface area (TPSA) is 149 Å². The molecule has 2 N–H and O–H groups in total. The fourth-order valence-electron chi connectivity index (χ4n) is 6.95. The highest BCUT2D eigenvalue weighted by molar-refractivity contribution is 6.07. The van der Waals surface area contributed by atoms with Crippen molar-refractivity contribution < 1.29 is 14.4 Å². The van der Waals surface area contributed by atoms with Crippen LogP contribution in [0.4, 0.5) is 10.5 Å². The summed E-state index contributed by atoms with van der Waals surface area (Å²) in [5, 5.41) is 11.4. The number of hydrogen-bond donors (Lipinski definition) is 2. The van der Waals surface area contributed by atoms with Gasteiger partial charge in [-0.1, -0.05) is 43.9 Å². The van der Waals surface area contributed by atoms with E-state index in [2.05, 4.69) is 64.6 Å². The highest BCUT2D eigenvalue weighted by atomic mass is 16.2. The zero-order chi connectivity index (χ0) is 37.7. The van der Waals surface area contributed by atoms with Gasteiger partial charge in [-0.15, -0.1) is 0 Å². The summed E-state index contributed by atoms with van der Waals surface area (Å²) < 4.78 is 5.05. The Morgan fingerprint density at radius 1 is 0.926 bits per heavy atom. The molecule has 1 saturated heterocycles. The summed E-state index contributed by atoms with van der Waals surface area (Å²) in [6.45, 7) is 4.63. The van der Waals surface area contributed by atoms with Gasteiger partial charge in [-0.2, -0.15) is 5.10 Å². The van der Waals surface area contributed by atoms with Gasteiger partial charge in [0, 0.05) is 62.2 Å². The largest absolute Gasteiger partial charge is 0.340 e. The molecule has 0 spiro atoms. The first-order chi connectivity index (χ1) is 26.1.